The summed E-state index contributed by atoms with van der Waals surface area (Å²) >= 11 is 0. The van der Waals surface area contributed by atoms with Gasteiger partial charge in [-0.25, -0.2) is 9.37 Å². The maximum absolute atomic E-state index is 14.0. The Morgan fingerprint density at radius 1 is 1.17 bits per heavy atom. The monoisotopic (exact) mass is 394 g/mol. The Labute approximate surface area is 171 Å². The average Bonchev–Trinajstić information content (AvgIpc) is 2.69. The van der Waals surface area contributed by atoms with Crippen LogP contribution < -0.4 is 5.32 Å². The van der Waals surface area contributed by atoms with Crippen LogP contribution in [0.25, 0.3) is 10.9 Å². The molecule has 0 spiro atoms. The van der Waals surface area contributed by atoms with Gasteiger partial charge < -0.3 is 10.1 Å². The van der Waals surface area contributed by atoms with E-state index in [0.717, 1.165) is 5.56 Å². The van der Waals surface area contributed by atoms with Crippen LogP contribution in [0.3, 0.4) is 0 Å². The number of halogens is 1. The first-order valence-corrected chi connectivity index (χ1v) is 9.81. The predicted octanol–water partition coefficient (Wildman–Crippen LogP) is 5.29. The molecule has 4 nitrogen and oxygen atoms in total. The number of amides is 1. The van der Waals surface area contributed by atoms with Crippen molar-refractivity contribution < 1.29 is 13.9 Å². The SMILES string of the molecule is COC(Cc1ccccc1)(CC(C)C)C(=O)Nc1cc2cccc(F)c2nc1C. The lowest BCUT2D eigenvalue weighted by Crippen LogP contribution is -2.47. The van der Waals surface area contributed by atoms with Gasteiger partial charge in [0.15, 0.2) is 5.60 Å². The standard InChI is InChI=1S/C24H27FN2O2/c1-16(2)14-24(29-4,15-18-9-6-5-7-10-18)23(28)27-21-13-19-11-8-12-20(25)22(19)26-17(21)3/h5-13,16H,14-15H2,1-4H3,(H,27,28). The largest absolute Gasteiger partial charge is 0.368 e. The molecule has 0 bridgehead atoms. The van der Waals surface area contributed by atoms with Crippen LogP contribution in [0.4, 0.5) is 10.1 Å². The topological polar surface area (TPSA) is 51.2 Å². The molecule has 0 saturated heterocycles. The molecule has 0 radical (unpaired) electrons. The highest BCUT2D eigenvalue weighted by atomic mass is 19.1. The highest BCUT2D eigenvalue weighted by Gasteiger charge is 2.39. The van der Waals surface area contributed by atoms with Crippen LogP contribution in [0, 0.1) is 18.7 Å². The molecule has 152 valence electrons. The third-order valence-electron chi connectivity index (χ3n) is 5.11. The molecule has 0 aliphatic rings. The summed E-state index contributed by atoms with van der Waals surface area (Å²) in [6.07, 6.45) is 1.03. The number of benzene rings is 2. The van der Waals surface area contributed by atoms with Gasteiger partial charge in [0, 0.05) is 18.9 Å². The average molecular weight is 394 g/mol. The Balaban J connectivity index is 1.95. The Morgan fingerprint density at radius 2 is 1.90 bits per heavy atom. The number of methoxy groups -OCH3 is 1. The Morgan fingerprint density at radius 3 is 2.55 bits per heavy atom. The quantitative estimate of drug-likeness (QED) is 0.592. The van der Waals surface area contributed by atoms with E-state index < -0.39 is 5.60 Å². The molecule has 0 saturated carbocycles. The fourth-order valence-corrected chi connectivity index (χ4v) is 3.70. The minimum atomic E-state index is -1.02. The summed E-state index contributed by atoms with van der Waals surface area (Å²) in [7, 11) is 1.58. The van der Waals surface area contributed by atoms with E-state index in [1.807, 2.05) is 30.3 Å². The van der Waals surface area contributed by atoms with E-state index >= 15 is 0 Å². The van der Waals surface area contributed by atoms with Crippen LogP contribution in [-0.4, -0.2) is 23.6 Å². The number of carbonyl (C=O) groups excluding carboxylic acids is 1. The zero-order valence-electron chi connectivity index (χ0n) is 17.3. The Hall–Kier alpha value is -2.79. The van der Waals surface area contributed by atoms with Gasteiger partial charge in [-0.15, -0.1) is 0 Å². The number of fused-ring (bicyclic) bond motifs is 1. The summed E-state index contributed by atoms with van der Waals surface area (Å²) in [5, 5.41) is 3.63. The molecule has 29 heavy (non-hydrogen) atoms. The number of pyridine rings is 1. The molecular formula is C24H27FN2O2. The van der Waals surface area contributed by atoms with Gasteiger partial charge in [0.25, 0.3) is 5.91 Å². The first-order valence-electron chi connectivity index (χ1n) is 9.81. The zero-order chi connectivity index (χ0) is 21.0. The lowest BCUT2D eigenvalue weighted by atomic mass is 9.85. The summed E-state index contributed by atoms with van der Waals surface area (Å²) in [6, 6.07) is 16.4. The van der Waals surface area contributed by atoms with E-state index in [1.165, 1.54) is 6.07 Å². The molecule has 5 heteroatoms. The summed E-state index contributed by atoms with van der Waals surface area (Å²) in [5.41, 5.74) is 1.43. The Bertz CT molecular complexity index is 1000. The van der Waals surface area contributed by atoms with Gasteiger partial charge in [0.2, 0.25) is 0 Å². The van der Waals surface area contributed by atoms with Gasteiger partial charge >= 0.3 is 0 Å². The smallest absolute Gasteiger partial charge is 0.257 e. The lowest BCUT2D eigenvalue weighted by molar-refractivity contribution is -0.139. The van der Waals surface area contributed by atoms with Crippen molar-refractivity contribution >= 4 is 22.5 Å². The van der Waals surface area contributed by atoms with Crippen molar-refractivity contribution in [3.05, 3.63) is 71.7 Å². The Kier molecular flexibility index (Phi) is 6.28. The zero-order valence-corrected chi connectivity index (χ0v) is 17.3. The summed E-state index contributed by atoms with van der Waals surface area (Å²) in [5.74, 6) is -0.342. The van der Waals surface area contributed by atoms with Crippen molar-refractivity contribution in [1.82, 2.24) is 4.98 Å². The number of para-hydroxylation sites is 1. The molecule has 3 rings (SSSR count). The van der Waals surface area contributed by atoms with E-state index in [9.17, 15) is 9.18 Å². The lowest BCUT2D eigenvalue weighted by Gasteiger charge is -2.33. The number of carbonyl (C=O) groups is 1. The second-order valence-electron chi connectivity index (χ2n) is 7.85. The molecule has 1 N–H and O–H groups in total. The third-order valence-corrected chi connectivity index (χ3v) is 5.11. The van der Waals surface area contributed by atoms with E-state index in [0.29, 0.717) is 35.1 Å². The van der Waals surface area contributed by atoms with Crippen molar-refractivity contribution in [2.24, 2.45) is 5.92 Å². The summed E-state index contributed by atoms with van der Waals surface area (Å²) in [6.45, 7) is 5.89. The minimum Gasteiger partial charge on any atom is -0.368 e. The molecule has 2 aromatic carbocycles. The van der Waals surface area contributed by atoms with Gasteiger partial charge in [0.05, 0.1) is 11.4 Å². The van der Waals surface area contributed by atoms with Crippen molar-refractivity contribution in [2.75, 3.05) is 12.4 Å². The minimum absolute atomic E-state index is 0.224. The number of aryl methyl sites for hydroxylation is 1. The first kappa shape index (κ1) is 20.9. The first-order chi connectivity index (χ1) is 13.8. The van der Waals surface area contributed by atoms with E-state index in [-0.39, 0.29) is 17.6 Å². The van der Waals surface area contributed by atoms with Crippen molar-refractivity contribution in [3.63, 3.8) is 0 Å². The van der Waals surface area contributed by atoms with Gasteiger partial charge in [-0.3, -0.25) is 4.79 Å². The molecule has 1 atom stereocenters. The molecule has 1 heterocycles. The number of hydrogen-bond acceptors (Lipinski definition) is 3. The maximum atomic E-state index is 14.0. The number of rotatable bonds is 7. The number of nitrogens with zero attached hydrogens (tertiary/aromatic N) is 1. The van der Waals surface area contributed by atoms with Crippen LogP contribution in [0.1, 0.15) is 31.5 Å². The number of hydrogen-bond donors (Lipinski definition) is 1. The molecule has 1 amide bonds. The second kappa shape index (κ2) is 8.70. The van der Waals surface area contributed by atoms with E-state index in [2.05, 4.69) is 24.1 Å². The maximum Gasteiger partial charge on any atom is 0.257 e. The van der Waals surface area contributed by atoms with Crippen LogP contribution in [0.5, 0.6) is 0 Å². The molecule has 1 aromatic heterocycles. The van der Waals surface area contributed by atoms with Gasteiger partial charge in [-0.1, -0.05) is 56.3 Å². The van der Waals surface area contributed by atoms with Crippen LogP contribution in [0.15, 0.2) is 54.6 Å². The molecule has 0 aliphatic heterocycles. The summed E-state index contributed by atoms with van der Waals surface area (Å²) < 4.78 is 19.9. The van der Waals surface area contributed by atoms with Crippen molar-refractivity contribution in [3.8, 4) is 0 Å². The molecular weight excluding hydrogens is 367 g/mol. The molecule has 0 aliphatic carbocycles. The number of ether oxygens (including phenoxy) is 1. The van der Waals surface area contributed by atoms with Crippen molar-refractivity contribution in [1.29, 1.82) is 0 Å². The van der Waals surface area contributed by atoms with Gasteiger partial charge in [0.1, 0.15) is 11.3 Å². The fraction of sp³-hybridized carbons (Fsp3) is 0.333. The van der Waals surface area contributed by atoms with Gasteiger partial charge in [-0.2, -0.15) is 0 Å². The molecule has 3 aromatic rings. The van der Waals surface area contributed by atoms with E-state index in [1.54, 1.807) is 32.2 Å². The normalized spacial score (nSPS) is 13.4. The fourth-order valence-electron chi connectivity index (χ4n) is 3.70. The van der Waals surface area contributed by atoms with Crippen LogP contribution in [-0.2, 0) is 16.0 Å². The highest BCUT2D eigenvalue weighted by molar-refractivity contribution is 5.99. The second-order valence-corrected chi connectivity index (χ2v) is 7.85. The molecule has 1 unspecified atom stereocenters. The highest BCUT2D eigenvalue weighted by Crippen LogP contribution is 2.29. The predicted molar refractivity (Wildman–Crippen MR) is 114 cm³/mol. The number of aromatic nitrogens is 1. The number of nitrogens with one attached hydrogen (secondary N) is 1. The van der Waals surface area contributed by atoms with Gasteiger partial charge in [-0.05, 0) is 37.0 Å². The van der Waals surface area contributed by atoms with Crippen molar-refractivity contribution in [2.45, 2.75) is 39.2 Å². The molecule has 0 fully saturated rings. The number of anilines is 1. The van der Waals surface area contributed by atoms with E-state index in [4.69, 9.17) is 4.74 Å². The summed E-state index contributed by atoms with van der Waals surface area (Å²) in [4.78, 5) is 17.8. The third kappa shape index (κ3) is 4.62. The van der Waals surface area contributed by atoms with Crippen LogP contribution >= 0.6 is 0 Å². The van der Waals surface area contributed by atoms with Crippen LogP contribution in [0.2, 0.25) is 0 Å².